The van der Waals surface area contributed by atoms with Crippen LogP contribution in [0.15, 0.2) is 12.3 Å². The summed E-state index contributed by atoms with van der Waals surface area (Å²) in [6, 6.07) is 1.87. The second-order valence-electron chi connectivity index (χ2n) is 5.72. The van der Waals surface area contributed by atoms with Crippen molar-refractivity contribution in [3.8, 4) is 0 Å². The number of ether oxygens (including phenoxy) is 1. The van der Waals surface area contributed by atoms with E-state index in [-0.39, 0.29) is 12.5 Å². The van der Waals surface area contributed by atoms with Gasteiger partial charge in [0.1, 0.15) is 12.2 Å². The summed E-state index contributed by atoms with van der Waals surface area (Å²) < 4.78 is 5.39. The molecular formula is C15H21N3O4. The Labute approximate surface area is 128 Å². The van der Waals surface area contributed by atoms with Crippen molar-refractivity contribution >= 4 is 5.91 Å². The van der Waals surface area contributed by atoms with E-state index < -0.39 is 18.3 Å². The molecule has 0 saturated carbocycles. The van der Waals surface area contributed by atoms with E-state index in [0.29, 0.717) is 18.6 Å². The largest absolute Gasteiger partial charge is 0.390 e. The van der Waals surface area contributed by atoms with Gasteiger partial charge in [0, 0.05) is 25.9 Å². The van der Waals surface area contributed by atoms with Gasteiger partial charge < -0.3 is 25.6 Å². The zero-order valence-corrected chi connectivity index (χ0v) is 12.3. The fraction of sp³-hybridized carbons (Fsp3) is 0.600. The van der Waals surface area contributed by atoms with Crippen molar-refractivity contribution in [2.24, 2.45) is 0 Å². The molecule has 2 aliphatic heterocycles. The number of aromatic nitrogens is 1. The van der Waals surface area contributed by atoms with E-state index in [0.717, 1.165) is 30.8 Å². The van der Waals surface area contributed by atoms with Crippen LogP contribution in [0.2, 0.25) is 0 Å². The molecule has 1 saturated heterocycles. The van der Waals surface area contributed by atoms with Crippen molar-refractivity contribution in [2.75, 3.05) is 19.7 Å². The van der Waals surface area contributed by atoms with E-state index in [1.54, 1.807) is 6.20 Å². The number of amides is 1. The van der Waals surface area contributed by atoms with Gasteiger partial charge in [-0.15, -0.1) is 0 Å². The van der Waals surface area contributed by atoms with Crippen LogP contribution in [-0.4, -0.2) is 59.1 Å². The molecule has 1 aromatic heterocycles. The molecule has 0 bridgehead atoms. The first-order valence-corrected chi connectivity index (χ1v) is 7.59. The summed E-state index contributed by atoms with van der Waals surface area (Å²) in [5.74, 6) is -0.246. The first-order valence-electron chi connectivity index (χ1n) is 7.59. The van der Waals surface area contributed by atoms with Crippen LogP contribution in [0.3, 0.4) is 0 Å². The molecular weight excluding hydrogens is 286 g/mol. The summed E-state index contributed by atoms with van der Waals surface area (Å²) in [7, 11) is 0. The van der Waals surface area contributed by atoms with Crippen LogP contribution in [0, 0.1) is 0 Å². The third-order valence-corrected chi connectivity index (χ3v) is 4.17. The molecule has 1 aromatic rings. The number of nitrogens with zero attached hydrogens (tertiary/aromatic N) is 1. The SMILES string of the molecule is O=C(NCC1OCCC(O)C1O)c1cnc2c(c1)CCNC2. The van der Waals surface area contributed by atoms with E-state index in [1.165, 1.54) is 0 Å². The number of hydrogen-bond donors (Lipinski definition) is 4. The summed E-state index contributed by atoms with van der Waals surface area (Å²) in [6.07, 6.45) is 0.487. The Hall–Kier alpha value is -1.54. The topological polar surface area (TPSA) is 104 Å². The molecule has 1 fully saturated rings. The van der Waals surface area contributed by atoms with E-state index >= 15 is 0 Å². The van der Waals surface area contributed by atoms with Gasteiger partial charge in [0.2, 0.25) is 0 Å². The molecule has 0 aromatic carbocycles. The predicted molar refractivity (Wildman–Crippen MR) is 78.4 cm³/mol. The minimum Gasteiger partial charge on any atom is -0.390 e. The van der Waals surface area contributed by atoms with Gasteiger partial charge in [-0.25, -0.2) is 0 Å². The van der Waals surface area contributed by atoms with Gasteiger partial charge >= 0.3 is 0 Å². The summed E-state index contributed by atoms with van der Waals surface area (Å²) in [6.45, 7) is 2.17. The van der Waals surface area contributed by atoms with Crippen LogP contribution in [0.25, 0.3) is 0 Å². The average molecular weight is 307 g/mol. The lowest BCUT2D eigenvalue weighted by Gasteiger charge is -2.32. The number of aliphatic hydroxyl groups excluding tert-OH is 2. The van der Waals surface area contributed by atoms with Gasteiger partial charge in [-0.1, -0.05) is 0 Å². The minimum absolute atomic E-state index is 0.162. The zero-order chi connectivity index (χ0) is 15.5. The lowest BCUT2D eigenvalue weighted by Crippen LogP contribution is -2.49. The zero-order valence-electron chi connectivity index (χ0n) is 12.3. The molecule has 3 atom stereocenters. The Morgan fingerprint density at radius 2 is 2.36 bits per heavy atom. The molecule has 0 radical (unpaired) electrons. The summed E-state index contributed by atoms with van der Waals surface area (Å²) >= 11 is 0. The maximum Gasteiger partial charge on any atom is 0.252 e. The van der Waals surface area contributed by atoms with Crippen molar-refractivity contribution in [2.45, 2.75) is 37.7 Å². The highest BCUT2D eigenvalue weighted by atomic mass is 16.5. The Morgan fingerprint density at radius 1 is 1.50 bits per heavy atom. The number of carbonyl (C=O) groups is 1. The van der Waals surface area contributed by atoms with Crippen molar-refractivity contribution in [1.82, 2.24) is 15.6 Å². The van der Waals surface area contributed by atoms with Crippen molar-refractivity contribution in [3.05, 3.63) is 29.1 Å². The monoisotopic (exact) mass is 307 g/mol. The number of hydrogen-bond acceptors (Lipinski definition) is 6. The third kappa shape index (κ3) is 3.27. The quantitative estimate of drug-likeness (QED) is 0.569. The van der Waals surface area contributed by atoms with Crippen LogP contribution in [0.5, 0.6) is 0 Å². The summed E-state index contributed by atoms with van der Waals surface area (Å²) in [5.41, 5.74) is 2.58. The number of pyridine rings is 1. The Morgan fingerprint density at radius 3 is 3.23 bits per heavy atom. The predicted octanol–water partition coefficient (Wildman–Crippen LogP) is -1.03. The number of nitrogens with one attached hydrogen (secondary N) is 2. The van der Waals surface area contributed by atoms with Crippen LogP contribution in [0.4, 0.5) is 0 Å². The third-order valence-electron chi connectivity index (χ3n) is 4.17. The molecule has 0 spiro atoms. The van der Waals surface area contributed by atoms with Gasteiger partial charge in [0.25, 0.3) is 5.91 Å². The maximum atomic E-state index is 12.2. The standard InChI is InChI=1S/C15H21N3O4/c19-12-2-4-22-13(14(12)20)8-18-15(21)10-5-9-1-3-16-7-11(9)17-6-10/h5-6,12-14,16,19-20H,1-4,7-8H2,(H,18,21). The number of aliphatic hydroxyl groups is 2. The Kier molecular flexibility index (Phi) is 4.68. The summed E-state index contributed by atoms with van der Waals surface area (Å²) in [5, 5.41) is 25.4. The van der Waals surface area contributed by atoms with Crippen LogP contribution >= 0.6 is 0 Å². The van der Waals surface area contributed by atoms with Crippen LogP contribution < -0.4 is 10.6 Å². The van der Waals surface area contributed by atoms with Gasteiger partial charge in [0.15, 0.2) is 0 Å². The Balaban J connectivity index is 1.60. The number of rotatable bonds is 3. The molecule has 22 heavy (non-hydrogen) atoms. The van der Waals surface area contributed by atoms with E-state index in [4.69, 9.17) is 4.74 Å². The molecule has 1 amide bonds. The normalized spacial score (nSPS) is 28.0. The van der Waals surface area contributed by atoms with Gasteiger partial charge in [-0.2, -0.15) is 0 Å². The highest BCUT2D eigenvalue weighted by Crippen LogP contribution is 2.15. The van der Waals surface area contributed by atoms with Crippen molar-refractivity contribution < 1.29 is 19.7 Å². The minimum atomic E-state index is -0.971. The van der Waals surface area contributed by atoms with E-state index in [1.807, 2.05) is 6.07 Å². The summed E-state index contributed by atoms with van der Waals surface area (Å²) in [4.78, 5) is 16.5. The van der Waals surface area contributed by atoms with Gasteiger partial charge in [0.05, 0.1) is 17.4 Å². The fourth-order valence-electron chi connectivity index (χ4n) is 2.80. The molecule has 2 aliphatic rings. The lowest BCUT2D eigenvalue weighted by atomic mass is 10.0. The number of fused-ring (bicyclic) bond motifs is 1. The van der Waals surface area contributed by atoms with E-state index in [9.17, 15) is 15.0 Å². The van der Waals surface area contributed by atoms with Gasteiger partial charge in [-0.3, -0.25) is 9.78 Å². The Bertz CT molecular complexity index is 552. The fourth-order valence-corrected chi connectivity index (χ4v) is 2.80. The van der Waals surface area contributed by atoms with Crippen molar-refractivity contribution in [1.29, 1.82) is 0 Å². The van der Waals surface area contributed by atoms with E-state index in [2.05, 4.69) is 15.6 Å². The van der Waals surface area contributed by atoms with Crippen molar-refractivity contribution in [3.63, 3.8) is 0 Å². The molecule has 0 aliphatic carbocycles. The smallest absolute Gasteiger partial charge is 0.252 e. The molecule has 120 valence electrons. The molecule has 3 unspecified atom stereocenters. The second-order valence-corrected chi connectivity index (χ2v) is 5.72. The maximum absolute atomic E-state index is 12.2. The second kappa shape index (κ2) is 6.70. The van der Waals surface area contributed by atoms with Crippen LogP contribution in [-0.2, 0) is 17.7 Å². The van der Waals surface area contributed by atoms with Crippen LogP contribution in [0.1, 0.15) is 28.0 Å². The lowest BCUT2D eigenvalue weighted by molar-refractivity contribution is -0.132. The highest BCUT2D eigenvalue weighted by Gasteiger charge is 2.31. The first kappa shape index (κ1) is 15.4. The first-order chi connectivity index (χ1) is 10.6. The molecule has 3 heterocycles. The highest BCUT2D eigenvalue weighted by molar-refractivity contribution is 5.94. The molecule has 4 N–H and O–H groups in total. The molecule has 7 heteroatoms. The number of carbonyl (C=O) groups excluding carboxylic acids is 1. The molecule has 7 nitrogen and oxygen atoms in total. The van der Waals surface area contributed by atoms with Gasteiger partial charge in [-0.05, 0) is 31.0 Å². The molecule has 3 rings (SSSR count). The average Bonchev–Trinajstić information content (AvgIpc) is 2.55.